The molecule has 1 heterocycles. The highest BCUT2D eigenvalue weighted by atomic mass is 32.1. The van der Waals surface area contributed by atoms with Gasteiger partial charge in [-0.25, -0.2) is 9.78 Å². The van der Waals surface area contributed by atoms with Crippen molar-refractivity contribution in [1.82, 2.24) is 4.98 Å². The van der Waals surface area contributed by atoms with Crippen LogP contribution < -0.4 is 10.1 Å². The van der Waals surface area contributed by atoms with Gasteiger partial charge in [0, 0.05) is 0 Å². The highest BCUT2D eigenvalue weighted by molar-refractivity contribution is 7.17. The van der Waals surface area contributed by atoms with Crippen molar-refractivity contribution in [2.24, 2.45) is 0 Å². The fourth-order valence-corrected chi connectivity index (χ4v) is 3.53. The van der Waals surface area contributed by atoms with E-state index in [9.17, 15) is 4.79 Å². The molecule has 2 aromatic rings. The van der Waals surface area contributed by atoms with Gasteiger partial charge in [-0.1, -0.05) is 65.0 Å². The summed E-state index contributed by atoms with van der Waals surface area (Å²) in [7, 11) is 0. The van der Waals surface area contributed by atoms with Crippen LogP contribution in [0.4, 0.5) is 5.13 Å². The topological polar surface area (TPSA) is 71.5 Å². The van der Waals surface area contributed by atoms with E-state index in [2.05, 4.69) is 70.0 Å². The Hall–Kier alpha value is -2.08. The molecular formula is C21H30N2O3S. The van der Waals surface area contributed by atoms with Crippen molar-refractivity contribution in [2.75, 3.05) is 18.5 Å². The smallest absolute Gasteiger partial charge is 0.347 e. The first-order valence-electron chi connectivity index (χ1n) is 9.12. The summed E-state index contributed by atoms with van der Waals surface area (Å²) in [6.07, 6.45) is 0. The molecule has 0 saturated carbocycles. The van der Waals surface area contributed by atoms with E-state index in [0.29, 0.717) is 24.0 Å². The number of aromatic carboxylic acids is 1. The van der Waals surface area contributed by atoms with E-state index in [0.717, 1.165) is 17.1 Å². The van der Waals surface area contributed by atoms with Crippen LogP contribution in [0, 0.1) is 6.92 Å². The fourth-order valence-electron chi connectivity index (χ4n) is 2.70. The average Bonchev–Trinajstić information content (AvgIpc) is 2.91. The zero-order chi connectivity index (χ0) is 20.4. The number of carbonyl (C=O) groups is 1. The number of carboxylic acids is 1. The highest BCUT2D eigenvalue weighted by Crippen LogP contribution is 2.35. The number of aromatic nitrogens is 1. The molecule has 0 unspecified atom stereocenters. The second kappa shape index (κ2) is 7.89. The summed E-state index contributed by atoms with van der Waals surface area (Å²) in [5, 5.41) is 12.9. The molecule has 2 rings (SSSR count). The number of carboxylic acid groups (broad SMARTS) is 1. The maximum absolute atomic E-state index is 11.1. The van der Waals surface area contributed by atoms with Crippen molar-refractivity contribution in [3.63, 3.8) is 0 Å². The third kappa shape index (κ3) is 5.45. The van der Waals surface area contributed by atoms with Gasteiger partial charge in [-0.2, -0.15) is 0 Å². The standard InChI is InChI=1S/C21H30N2O3S/c1-13-17(18(24)25)27-19(23-13)22-10-11-26-16-9-8-14(20(2,3)4)12-15(16)21(5,6)7/h8-9,12H,10-11H2,1-7H3,(H,22,23)(H,24,25). The Morgan fingerprint density at radius 1 is 1.19 bits per heavy atom. The van der Waals surface area contributed by atoms with Crippen LogP contribution in [0.3, 0.4) is 0 Å². The average molecular weight is 391 g/mol. The molecule has 0 aliphatic rings. The Morgan fingerprint density at radius 2 is 1.85 bits per heavy atom. The molecule has 1 aromatic heterocycles. The van der Waals surface area contributed by atoms with E-state index >= 15 is 0 Å². The molecular weight excluding hydrogens is 360 g/mol. The molecule has 148 valence electrons. The number of benzene rings is 1. The minimum Gasteiger partial charge on any atom is -0.491 e. The SMILES string of the molecule is Cc1nc(NCCOc2ccc(C(C)(C)C)cc2C(C)(C)C)sc1C(=O)O. The fraction of sp³-hybridized carbons (Fsp3) is 0.524. The lowest BCUT2D eigenvalue weighted by molar-refractivity contribution is 0.0701. The molecule has 2 N–H and O–H groups in total. The van der Waals surface area contributed by atoms with E-state index in [1.54, 1.807) is 6.92 Å². The predicted molar refractivity (Wildman–Crippen MR) is 112 cm³/mol. The van der Waals surface area contributed by atoms with Gasteiger partial charge in [-0.05, 0) is 34.9 Å². The molecule has 5 nitrogen and oxygen atoms in total. The summed E-state index contributed by atoms with van der Waals surface area (Å²) in [6, 6.07) is 6.42. The third-order valence-electron chi connectivity index (χ3n) is 4.28. The molecule has 0 saturated heterocycles. The minimum absolute atomic E-state index is 0.0210. The highest BCUT2D eigenvalue weighted by Gasteiger charge is 2.23. The van der Waals surface area contributed by atoms with Gasteiger partial charge in [-0.15, -0.1) is 0 Å². The first-order chi connectivity index (χ1) is 12.4. The van der Waals surface area contributed by atoms with Gasteiger partial charge in [0.2, 0.25) is 0 Å². The molecule has 0 radical (unpaired) electrons. The minimum atomic E-state index is -0.942. The van der Waals surface area contributed by atoms with Crippen molar-refractivity contribution >= 4 is 22.4 Å². The van der Waals surface area contributed by atoms with E-state index in [-0.39, 0.29) is 15.7 Å². The number of rotatable bonds is 6. The molecule has 27 heavy (non-hydrogen) atoms. The van der Waals surface area contributed by atoms with Crippen LogP contribution in [-0.4, -0.2) is 29.2 Å². The van der Waals surface area contributed by atoms with Crippen molar-refractivity contribution in [3.8, 4) is 5.75 Å². The number of nitrogens with zero attached hydrogens (tertiary/aromatic N) is 1. The van der Waals surface area contributed by atoms with Crippen LogP contribution in [-0.2, 0) is 10.8 Å². The summed E-state index contributed by atoms with van der Waals surface area (Å²) >= 11 is 1.15. The first kappa shape index (κ1) is 21.2. The number of ether oxygens (including phenoxy) is 1. The molecule has 0 amide bonds. The Kier molecular flexibility index (Phi) is 6.20. The van der Waals surface area contributed by atoms with E-state index < -0.39 is 5.97 Å². The lowest BCUT2D eigenvalue weighted by Crippen LogP contribution is -2.19. The number of hydrogen-bond acceptors (Lipinski definition) is 5. The summed E-state index contributed by atoms with van der Waals surface area (Å²) in [4.78, 5) is 15.6. The Balaban J connectivity index is 2.05. The normalized spacial score (nSPS) is 12.1. The van der Waals surface area contributed by atoms with Gasteiger partial charge in [0.25, 0.3) is 0 Å². The van der Waals surface area contributed by atoms with Crippen LogP contribution in [0.5, 0.6) is 5.75 Å². The monoisotopic (exact) mass is 390 g/mol. The Labute approximate surface area is 165 Å². The van der Waals surface area contributed by atoms with Gasteiger partial charge in [0.1, 0.15) is 17.2 Å². The van der Waals surface area contributed by atoms with Gasteiger partial charge >= 0.3 is 5.97 Å². The van der Waals surface area contributed by atoms with Crippen LogP contribution in [0.2, 0.25) is 0 Å². The lowest BCUT2D eigenvalue weighted by atomic mass is 9.80. The number of thiazole rings is 1. The molecule has 6 heteroatoms. The lowest BCUT2D eigenvalue weighted by Gasteiger charge is -2.27. The summed E-state index contributed by atoms with van der Waals surface area (Å²) in [6.45, 7) is 15.9. The van der Waals surface area contributed by atoms with Crippen molar-refractivity contribution in [1.29, 1.82) is 0 Å². The molecule has 0 aliphatic heterocycles. The number of aryl methyl sites for hydroxylation is 1. The quantitative estimate of drug-likeness (QED) is 0.660. The molecule has 0 aliphatic carbocycles. The molecule has 0 bridgehead atoms. The molecule has 1 aromatic carbocycles. The summed E-state index contributed by atoms with van der Waals surface area (Å²) in [5.74, 6) is -0.0538. The number of hydrogen-bond donors (Lipinski definition) is 2. The Bertz CT molecular complexity index is 814. The van der Waals surface area contributed by atoms with Gasteiger partial charge < -0.3 is 15.2 Å². The molecule has 0 spiro atoms. The van der Waals surface area contributed by atoms with E-state index in [1.165, 1.54) is 11.1 Å². The van der Waals surface area contributed by atoms with Crippen molar-refractivity contribution < 1.29 is 14.6 Å². The van der Waals surface area contributed by atoms with Crippen LogP contribution in [0.1, 0.15) is 68.0 Å². The second-order valence-corrected chi connectivity index (χ2v) is 9.72. The first-order valence-corrected chi connectivity index (χ1v) is 9.93. The number of anilines is 1. The van der Waals surface area contributed by atoms with Gasteiger partial charge in [-0.3, -0.25) is 0 Å². The van der Waals surface area contributed by atoms with E-state index in [4.69, 9.17) is 9.84 Å². The van der Waals surface area contributed by atoms with Crippen molar-refractivity contribution in [2.45, 2.75) is 59.3 Å². The summed E-state index contributed by atoms with van der Waals surface area (Å²) in [5.41, 5.74) is 3.08. The van der Waals surface area contributed by atoms with Gasteiger partial charge in [0.15, 0.2) is 5.13 Å². The van der Waals surface area contributed by atoms with Gasteiger partial charge in [0.05, 0.1) is 12.2 Å². The second-order valence-electron chi connectivity index (χ2n) is 8.72. The van der Waals surface area contributed by atoms with Crippen LogP contribution in [0.25, 0.3) is 0 Å². The summed E-state index contributed by atoms with van der Waals surface area (Å²) < 4.78 is 6.04. The third-order valence-corrected chi connectivity index (χ3v) is 5.38. The maximum atomic E-state index is 11.1. The number of nitrogens with one attached hydrogen (secondary N) is 1. The van der Waals surface area contributed by atoms with Crippen molar-refractivity contribution in [3.05, 3.63) is 39.9 Å². The zero-order valence-electron chi connectivity index (χ0n) is 17.3. The van der Waals surface area contributed by atoms with Crippen LogP contribution in [0.15, 0.2) is 18.2 Å². The zero-order valence-corrected chi connectivity index (χ0v) is 18.1. The predicted octanol–water partition coefficient (Wildman–Crippen LogP) is 5.24. The molecule has 0 atom stereocenters. The van der Waals surface area contributed by atoms with Crippen LogP contribution >= 0.6 is 11.3 Å². The van der Waals surface area contributed by atoms with E-state index in [1.807, 2.05) is 0 Å². The molecule has 0 fully saturated rings. The largest absolute Gasteiger partial charge is 0.491 e. The Morgan fingerprint density at radius 3 is 2.37 bits per heavy atom. The maximum Gasteiger partial charge on any atom is 0.347 e.